The van der Waals surface area contributed by atoms with Crippen molar-refractivity contribution in [1.29, 1.82) is 0 Å². The number of amides is 2. The van der Waals surface area contributed by atoms with Crippen LogP contribution in [0.5, 0.6) is 0 Å². The van der Waals surface area contributed by atoms with Gasteiger partial charge in [0, 0.05) is 11.5 Å². The van der Waals surface area contributed by atoms with Crippen molar-refractivity contribution >= 4 is 29.7 Å². The Kier molecular flexibility index (Phi) is 10.9. The summed E-state index contributed by atoms with van der Waals surface area (Å²) in [6.07, 6.45) is -0.858. The average molecular weight is 493 g/mol. The van der Waals surface area contributed by atoms with Crippen LogP contribution in [-0.4, -0.2) is 85.0 Å². The molecule has 1 heterocycles. The molecule has 0 spiro atoms. The molecule has 10 nitrogen and oxygen atoms in total. The predicted molar refractivity (Wildman–Crippen MR) is 125 cm³/mol. The minimum absolute atomic E-state index is 0.0729. The Labute approximate surface area is 201 Å². The summed E-state index contributed by atoms with van der Waals surface area (Å²) >= 11 is 1.42. The normalized spacial score (nSPS) is 20.0. The maximum Gasteiger partial charge on any atom is 0.408 e. The number of carbonyl (C=O) groups is 3. The number of ether oxygens (including phenoxy) is 5. The van der Waals surface area contributed by atoms with Crippen LogP contribution in [0.25, 0.3) is 0 Å². The number of methoxy groups -OCH3 is 1. The predicted octanol–water partition coefficient (Wildman–Crippen LogP) is 2.24. The quantitative estimate of drug-likeness (QED) is 0.442. The van der Waals surface area contributed by atoms with Crippen molar-refractivity contribution in [2.24, 2.45) is 0 Å². The number of thioether (sulfide) groups is 1. The van der Waals surface area contributed by atoms with E-state index in [0.717, 1.165) is 0 Å². The van der Waals surface area contributed by atoms with E-state index >= 15 is 0 Å². The van der Waals surface area contributed by atoms with Gasteiger partial charge in [0.1, 0.15) is 11.6 Å². The van der Waals surface area contributed by atoms with E-state index in [-0.39, 0.29) is 18.5 Å². The number of hydrogen-bond acceptors (Lipinski definition) is 9. The van der Waals surface area contributed by atoms with Crippen LogP contribution in [0.15, 0.2) is 0 Å². The van der Waals surface area contributed by atoms with Crippen molar-refractivity contribution in [2.75, 3.05) is 31.8 Å². The number of nitrogens with one attached hydrogen (secondary N) is 2. The van der Waals surface area contributed by atoms with Gasteiger partial charge in [0.25, 0.3) is 0 Å². The Morgan fingerprint density at radius 3 is 2.18 bits per heavy atom. The highest BCUT2D eigenvalue weighted by Crippen LogP contribution is 2.24. The van der Waals surface area contributed by atoms with Crippen LogP contribution < -0.4 is 10.6 Å². The molecule has 1 aliphatic rings. The first-order valence-corrected chi connectivity index (χ1v) is 12.1. The smallest absolute Gasteiger partial charge is 0.408 e. The van der Waals surface area contributed by atoms with Gasteiger partial charge in [-0.3, -0.25) is 4.79 Å². The number of esters is 1. The lowest BCUT2D eigenvalue weighted by atomic mass is 10.2. The standard InChI is InChI=1S/C22H40N2O8S/c1-20(2,3)29-11-15(18(26)28-9)23-17(25)16(24-19(27)32-21(4,5)6)13-33-12-14-10-30-22(7,8)31-14/h14-16H,10-13H2,1-9H3,(H,23,25)(H,24,27)/t14-,15-,16+/m1/s1. The van der Waals surface area contributed by atoms with Gasteiger partial charge in [-0.2, -0.15) is 11.8 Å². The maximum atomic E-state index is 13.0. The first-order chi connectivity index (χ1) is 15.0. The third-order valence-electron chi connectivity index (χ3n) is 4.15. The first kappa shape index (κ1) is 29.5. The minimum atomic E-state index is -1.03. The summed E-state index contributed by atoms with van der Waals surface area (Å²) in [5.41, 5.74) is -1.24. The zero-order valence-corrected chi connectivity index (χ0v) is 22.1. The number of alkyl carbamates (subject to hydrolysis) is 1. The van der Waals surface area contributed by atoms with E-state index in [0.29, 0.717) is 12.4 Å². The molecule has 2 N–H and O–H groups in total. The second-order valence-corrected chi connectivity index (χ2v) is 11.3. The fourth-order valence-corrected chi connectivity index (χ4v) is 3.75. The van der Waals surface area contributed by atoms with E-state index in [1.807, 2.05) is 34.6 Å². The molecule has 1 fully saturated rings. The molecule has 0 saturated carbocycles. The summed E-state index contributed by atoms with van der Waals surface area (Å²) in [7, 11) is 1.23. The van der Waals surface area contributed by atoms with E-state index in [9.17, 15) is 14.4 Å². The molecule has 0 aromatic rings. The first-order valence-electron chi connectivity index (χ1n) is 10.9. The van der Waals surface area contributed by atoms with Crippen molar-refractivity contribution in [3.05, 3.63) is 0 Å². The van der Waals surface area contributed by atoms with E-state index in [1.54, 1.807) is 20.8 Å². The second kappa shape index (κ2) is 12.2. The second-order valence-electron chi connectivity index (χ2n) is 10.2. The highest BCUT2D eigenvalue weighted by atomic mass is 32.2. The number of rotatable bonds is 10. The number of hydrogen-bond donors (Lipinski definition) is 2. The summed E-state index contributed by atoms with van der Waals surface area (Å²) < 4.78 is 27.1. The topological polar surface area (TPSA) is 121 Å². The van der Waals surface area contributed by atoms with Crippen LogP contribution in [0.3, 0.4) is 0 Å². The van der Waals surface area contributed by atoms with Gasteiger partial charge in [0.15, 0.2) is 11.8 Å². The van der Waals surface area contributed by atoms with E-state index in [4.69, 9.17) is 23.7 Å². The molecule has 33 heavy (non-hydrogen) atoms. The molecule has 0 aliphatic carbocycles. The van der Waals surface area contributed by atoms with Crippen LogP contribution in [0.2, 0.25) is 0 Å². The summed E-state index contributed by atoms with van der Waals surface area (Å²) in [4.78, 5) is 37.5. The molecule has 1 rings (SSSR count). The van der Waals surface area contributed by atoms with Gasteiger partial charge in [-0.1, -0.05) is 0 Å². The molecule has 1 saturated heterocycles. The summed E-state index contributed by atoms with van der Waals surface area (Å²) in [5, 5.41) is 5.21. The van der Waals surface area contributed by atoms with Crippen LogP contribution in [0.1, 0.15) is 55.4 Å². The SMILES string of the molecule is COC(=O)[C@@H](COC(C)(C)C)NC(=O)[C@H](CSC[C@H]1COC(C)(C)O1)NC(=O)OC(C)(C)C. The molecule has 3 atom stereocenters. The molecule has 0 aromatic heterocycles. The minimum Gasteiger partial charge on any atom is -0.467 e. The number of carbonyl (C=O) groups excluding carboxylic acids is 3. The Bertz CT molecular complexity index is 672. The lowest BCUT2D eigenvalue weighted by Gasteiger charge is -2.26. The van der Waals surface area contributed by atoms with Crippen LogP contribution in [-0.2, 0) is 33.3 Å². The van der Waals surface area contributed by atoms with Gasteiger partial charge in [-0.25, -0.2) is 9.59 Å². The van der Waals surface area contributed by atoms with Crippen molar-refractivity contribution in [1.82, 2.24) is 10.6 Å². The zero-order chi connectivity index (χ0) is 25.4. The molecular weight excluding hydrogens is 452 g/mol. The lowest BCUT2D eigenvalue weighted by molar-refractivity contribution is -0.148. The molecule has 0 bridgehead atoms. The van der Waals surface area contributed by atoms with E-state index in [2.05, 4.69) is 10.6 Å². The highest BCUT2D eigenvalue weighted by molar-refractivity contribution is 7.99. The third-order valence-corrected chi connectivity index (χ3v) is 5.32. The van der Waals surface area contributed by atoms with Crippen LogP contribution >= 0.6 is 11.8 Å². The largest absolute Gasteiger partial charge is 0.467 e. The Hall–Kier alpha value is -1.56. The van der Waals surface area contributed by atoms with E-state index < -0.39 is 47.0 Å². The van der Waals surface area contributed by atoms with Gasteiger partial charge in [-0.15, -0.1) is 0 Å². The highest BCUT2D eigenvalue weighted by Gasteiger charge is 2.34. The van der Waals surface area contributed by atoms with Crippen molar-refractivity contribution in [3.8, 4) is 0 Å². The van der Waals surface area contributed by atoms with Gasteiger partial charge >= 0.3 is 12.1 Å². The van der Waals surface area contributed by atoms with Crippen molar-refractivity contribution < 1.29 is 38.1 Å². The van der Waals surface area contributed by atoms with Gasteiger partial charge in [-0.05, 0) is 55.4 Å². The molecule has 0 unspecified atom stereocenters. The third kappa shape index (κ3) is 12.5. The van der Waals surface area contributed by atoms with Crippen LogP contribution in [0.4, 0.5) is 4.79 Å². The molecule has 2 amide bonds. The monoisotopic (exact) mass is 492 g/mol. The van der Waals surface area contributed by atoms with Gasteiger partial charge in [0.05, 0.1) is 32.0 Å². The summed E-state index contributed by atoms with van der Waals surface area (Å²) in [5.74, 6) is -1.03. The molecule has 0 aromatic carbocycles. The fraction of sp³-hybridized carbons (Fsp3) is 0.864. The fourth-order valence-electron chi connectivity index (χ4n) is 2.71. The molecule has 11 heteroatoms. The summed E-state index contributed by atoms with van der Waals surface area (Å²) in [6.45, 7) is 14.7. The summed E-state index contributed by atoms with van der Waals surface area (Å²) in [6, 6.07) is -1.98. The van der Waals surface area contributed by atoms with Crippen molar-refractivity contribution in [3.63, 3.8) is 0 Å². The Morgan fingerprint density at radius 2 is 1.70 bits per heavy atom. The molecular formula is C22H40N2O8S. The van der Waals surface area contributed by atoms with Crippen LogP contribution in [0, 0.1) is 0 Å². The zero-order valence-electron chi connectivity index (χ0n) is 21.2. The Balaban J connectivity index is 2.82. The average Bonchev–Trinajstić information content (AvgIpc) is 2.99. The molecule has 0 radical (unpaired) electrons. The molecule has 1 aliphatic heterocycles. The molecule has 192 valence electrons. The maximum absolute atomic E-state index is 13.0. The van der Waals surface area contributed by atoms with E-state index in [1.165, 1.54) is 18.9 Å². The Morgan fingerprint density at radius 1 is 1.06 bits per heavy atom. The van der Waals surface area contributed by atoms with Crippen molar-refractivity contribution in [2.45, 2.75) is 90.6 Å². The lowest BCUT2D eigenvalue weighted by Crippen LogP contribution is -2.55. The van der Waals surface area contributed by atoms with Gasteiger partial charge in [0.2, 0.25) is 5.91 Å². The van der Waals surface area contributed by atoms with Gasteiger partial charge < -0.3 is 34.3 Å².